The highest BCUT2D eigenvalue weighted by Gasteiger charge is 2.08. The van der Waals surface area contributed by atoms with Gasteiger partial charge in [-0.25, -0.2) is 0 Å². The zero-order valence-electron chi connectivity index (χ0n) is 7.57. The second kappa shape index (κ2) is 4.74. The number of benzene rings is 1. The third-order valence-corrected chi connectivity index (χ3v) is 2.38. The van der Waals surface area contributed by atoms with Crippen molar-refractivity contribution in [3.8, 4) is 0 Å². The number of hydrogen-bond acceptors (Lipinski definition) is 2. The Labute approximate surface area is 86.9 Å². The van der Waals surface area contributed by atoms with Crippen LogP contribution in [0.4, 0.5) is 0 Å². The van der Waals surface area contributed by atoms with Crippen molar-refractivity contribution in [2.45, 2.75) is 25.5 Å². The molecule has 1 aromatic carbocycles. The quantitative estimate of drug-likeness (QED) is 0.856. The van der Waals surface area contributed by atoms with Crippen LogP contribution in [0.2, 0.25) is 0 Å². The van der Waals surface area contributed by atoms with Crippen LogP contribution in [-0.2, 0) is 0 Å². The van der Waals surface area contributed by atoms with Crippen molar-refractivity contribution in [2.75, 3.05) is 0 Å². The summed E-state index contributed by atoms with van der Waals surface area (Å²) in [6.07, 6.45) is 0.148. The lowest BCUT2D eigenvalue weighted by Crippen LogP contribution is -2.18. The molecule has 0 aliphatic heterocycles. The highest BCUT2D eigenvalue weighted by Crippen LogP contribution is 2.19. The fourth-order valence-electron chi connectivity index (χ4n) is 1.17. The van der Waals surface area contributed by atoms with Crippen LogP contribution in [0.5, 0.6) is 0 Å². The molecule has 0 saturated heterocycles. The summed E-state index contributed by atoms with van der Waals surface area (Å²) in [7, 11) is 0. The maximum Gasteiger partial charge on any atom is 0.0804 e. The molecule has 0 bridgehead atoms. The van der Waals surface area contributed by atoms with E-state index < -0.39 is 6.10 Å². The standard InChI is InChI=1S/C10H14BrNO/c1-7(12)6-10(13)8-2-4-9(11)5-3-8/h2-5,7,10,13H,6,12H2,1H3. The van der Waals surface area contributed by atoms with Crippen LogP contribution in [0, 0.1) is 0 Å². The fourth-order valence-corrected chi connectivity index (χ4v) is 1.44. The summed E-state index contributed by atoms with van der Waals surface area (Å²) in [5, 5.41) is 9.69. The summed E-state index contributed by atoms with van der Waals surface area (Å²) in [4.78, 5) is 0. The van der Waals surface area contributed by atoms with Gasteiger partial charge in [-0.2, -0.15) is 0 Å². The first kappa shape index (κ1) is 10.7. The predicted octanol–water partition coefficient (Wildman–Crippen LogP) is 2.22. The van der Waals surface area contributed by atoms with Crippen LogP contribution in [0.25, 0.3) is 0 Å². The molecule has 0 radical (unpaired) electrons. The first-order valence-corrected chi connectivity index (χ1v) is 5.08. The maximum absolute atomic E-state index is 9.69. The molecule has 0 heterocycles. The fraction of sp³-hybridized carbons (Fsp3) is 0.400. The summed E-state index contributed by atoms with van der Waals surface area (Å²) in [5.74, 6) is 0. The Kier molecular flexibility index (Phi) is 3.90. The lowest BCUT2D eigenvalue weighted by atomic mass is 10.0. The number of aliphatic hydroxyl groups excluding tert-OH is 1. The SMILES string of the molecule is CC(N)CC(O)c1ccc(Br)cc1. The third-order valence-electron chi connectivity index (χ3n) is 1.85. The largest absolute Gasteiger partial charge is 0.388 e. The van der Waals surface area contributed by atoms with Crippen LogP contribution in [-0.4, -0.2) is 11.1 Å². The van der Waals surface area contributed by atoms with Gasteiger partial charge in [0.1, 0.15) is 0 Å². The Morgan fingerprint density at radius 3 is 2.38 bits per heavy atom. The Bertz CT molecular complexity index is 258. The van der Waals surface area contributed by atoms with Crippen molar-refractivity contribution in [3.05, 3.63) is 34.3 Å². The van der Waals surface area contributed by atoms with Crippen molar-refractivity contribution in [1.29, 1.82) is 0 Å². The molecule has 2 unspecified atom stereocenters. The molecule has 0 aromatic heterocycles. The average molecular weight is 244 g/mol. The molecule has 0 saturated carbocycles. The molecule has 2 atom stereocenters. The van der Waals surface area contributed by atoms with E-state index in [-0.39, 0.29) is 6.04 Å². The molecule has 0 aliphatic rings. The minimum atomic E-state index is -0.451. The van der Waals surface area contributed by atoms with E-state index >= 15 is 0 Å². The normalized spacial score (nSPS) is 15.4. The number of nitrogens with two attached hydrogens (primary N) is 1. The summed E-state index contributed by atoms with van der Waals surface area (Å²) in [6.45, 7) is 1.89. The van der Waals surface area contributed by atoms with E-state index in [1.54, 1.807) is 0 Å². The van der Waals surface area contributed by atoms with Crippen LogP contribution < -0.4 is 5.73 Å². The molecule has 2 nitrogen and oxygen atoms in total. The molecule has 13 heavy (non-hydrogen) atoms. The van der Waals surface area contributed by atoms with Crippen molar-refractivity contribution < 1.29 is 5.11 Å². The van der Waals surface area contributed by atoms with E-state index in [0.717, 1.165) is 10.0 Å². The smallest absolute Gasteiger partial charge is 0.0804 e. The van der Waals surface area contributed by atoms with Crippen LogP contribution in [0.15, 0.2) is 28.7 Å². The zero-order valence-corrected chi connectivity index (χ0v) is 9.16. The average Bonchev–Trinajstić information content (AvgIpc) is 2.04. The van der Waals surface area contributed by atoms with Gasteiger partial charge >= 0.3 is 0 Å². The van der Waals surface area contributed by atoms with E-state index in [1.165, 1.54) is 0 Å². The van der Waals surface area contributed by atoms with Gasteiger partial charge in [0.15, 0.2) is 0 Å². The summed E-state index contributed by atoms with van der Waals surface area (Å²) < 4.78 is 1.02. The predicted molar refractivity (Wildman–Crippen MR) is 57.4 cm³/mol. The van der Waals surface area contributed by atoms with Gasteiger partial charge in [-0.15, -0.1) is 0 Å². The van der Waals surface area contributed by atoms with Crippen molar-refractivity contribution >= 4 is 15.9 Å². The summed E-state index contributed by atoms with van der Waals surface area (Å²) >= 11 is 3.34. The summed E-state index contributed by atoms with van der Waals surface area (Å²) in [5.41, 5.74) is 6.51. The van der Waals surface area contributed by atoms with Gasteiger partial charge < -0.3 is 10.8 Å². The highest BCUT2D eigenvalue weighted by molar-refractivity contribution is 9.10. The first-order chi connectivity index (χ1) is 6.09. The van der Waals surface area contributed by atoms with Gasteiger partial charge in [0.2, 0.25) is 0 Å². The van der Waals surface area contributed by atoms with Gasteiger partial charge in [-0.1, -0.05) is 28.1 Å². The third kappa shape index (κ3) is 3.46. The maximum atomic E-state index is 9.69. The minimum Gasteiger partial charge on any atom is -0.388 e. The highest BCUT2D eigenvalue weighted by atomic mass is 79.9. The van der Waals surface area contributed by atoms with Crippen LogP contribution in [0.1, 0.15) is 25.0 Å². The molecular formula is C10H14BrNO. The lowest BCUT2D eigenvalue weighted by Gasteiger charge is -2.13. The van der Waals surface area contributed by atoms with Gasteiger partial charge in [-0.3, -0.25) is 0 Å². The molecule has 0 aliphatic carbocycles. The van der Waals surface area contributed by atoms with Gasteiger partial charge in [0, 0.05) is 10.5 Å². The van der Waals surface area contributed by atoms with Crippen molar-refractivity contribution in [1.82, 2.24) is 0 Å². The molecular weight excluding hydrogens is 230 g/mol. The van der Waals surface area contributed by atoms with E-state index in [4.69, 9.17) is 5.73 Å². The Balaban J connectivity index is 2.66. The van der Waals surface area contributed by atoms with E-state index in [2.05, 4.69) is 15.9 Å². The Morgan fingerprint density at radius 2 is 1.92 bits per heavy atom. The minimum absolute atomic E-state index is 0.0265. The van der Waals surface area contributed by atoms with Gasteiger partial charge in [0.05, 0.1) is 6.10 Å². The van der Waals surface area contributed by atoms with Crippen LogP contribution >= 0.6 is 15.9 Å². The number of aliphatic hydroxyl groups is 1. The number of halogens is 1. The van der Waals surface area contributed by atoms with Crippen LogP contribution in [0.3, 0.4) is 0 Å². The van der Waals surface area contributed by atoms with Crippen molar-refractivity contribution in [2.24, 2.45) is 5.73 Å². The molecule has 3 heteroatoms. The molecule has 1 aromatic rings. The number of rotatable bonds is 3. The molecule has 0 spiro atoms. The molecule has 0 fully saturated rings. The van der Waals surface area contributed by atoms with E-state index in [1.807, 2.05) is 31.2 Å². The second-order valence-corrected chi connectivity index (χ2v) is 4.20. The van der Waals surface area contributed by atoms with E-state index in [0.29, 0.717) is 6.42 Å². The molecule has 72 valence electrons. The van der Waals surface area contributed by atoms with Gasteiger partial charge in [-0.05, 0) is 31.0 Å². The topological polar surface area (TPSA) is 46.2 Å². The monoisotopic (exact) mass is 243 g/mol. The summed E-state index contributed by atoms with van der Waals surface area (Å²) in [6, 6.07) is 7.66. The number of hydrogen-bond donors (Lipinski definition) is 2. The second-order valence-electron chi connectivity index (χ2n) is 3.28. The zero-order chi connectivity index (χ0) is 9.84. The molecule has 1 rings (SSSR count). The Hall–Kier alpha value is -0.380. The Morgan fingerprint density at radius 1 is 1.38 bits per heavy atom. The van der Waals surface area contributed by atoms with E-state index in [9.17, 15) is 5.11 Å². The molecule has 0 amide bonds. The first-order valence-electron chi connectivity index (χ1n) is 4.28. The lowest BCUT2D eigenvalue weighted by molar-refractivity contribution is 0.160. The van der Waals surface area contributed by atoms with Gasteiger partial charge in [0.25, 0.3) is 0 Å². The molecule has 3 N–H and O–H groups in total. The van der Waals surface area contributed by atoms with Crippen molar-refractivity contribution in [3.63, 3.8) is 0 Å².